The van der Waals surface area contributed by atoms with Gasteiger partial charge in [-0.2, -0.15) is 4.98 Å². The number of aryl methyl sites for hydroxylation is 1. The number of hydrogen-bond donors (Lipinski definition) is 0. The second-order valence-electron chi connectivity index (χ2n) is 3.87. The molecule has 1 aromatic rings. The molecule has 1 unspecified atom stereocenters. The van der Waals surface area contributed by atoms with Crippen LogP contribution in [0.15, 0.2) is 4.52 Å². The highest BCUT2D eigenvalue weighted by Crippen LogP contribution is 2.19. The predicted molar refractivity (Wildman–Crippen MR) is 62.6 cm³/mol. The average molecular weight is 240 g/mol. The quantitative estimate of drug-likeness (QED) is 0.685. The van der Waals surface area contributed by atoms with Crippen LogP contribution in [-0.4, -0.2) is 22.7 Å². The third-order valence-electron chi connectivity index (χ3n) is 2.52. The minimum Gasteiger partial charge on any atom is -0.465 e. The van der Waals surface area contributed by atoms with Crippen LogP contribution < -0.4 is 0 Å². The molecule has 1 atom stereocenters. The molecule has 0 saturated heterocycles. The Labute approximate surface area is 102 Å². The Bertz CT molecular complexity index is 349. The molecule has 0 radical (unpaired) electrons. The highest BCUT2D eigenvalue weighted by Gasteiger charge is 2.26. The van der Waals surface area contributed by atoms with Gasteiger partial charge in [-0.1, -0.05) is 25.4 Å². The van der Waals surface area contributed by atoms with E-state index in [0.29, 0.717) is 24.7 Å². The molecular weight excluding hydrogens is 220 g/mol. The van der Waals surface area contributed by atoms with Crippen LogP contribution in [0.1, 0.15) is 57.7 Å². The first-order valence-corrected chi connectivity index (χ1v) is 6.21. The lowest BCUT2D eigenvalue weighted by Crippen LogP contribution is -2.15. The Morgan fingerprint density at radius 2 is 2.18 bits per heavy atom. The largest absolute Gasteiger partial charge is 0.465 e. The number of unbranched alkanes of at least 4 members (excludes halogenated alkanes) is 1. The van der Waals surface area contributed by atoms with Crippen molar-refractivity contribution in [2.75, 3.05) is 6.61 Å². The number of rotatable bonds is 7. The lowest BCUT2D eigenvalue weighted by atomic mass is 10.1. The number of carbonyl (C=O) groups excluding carboxylic acids is 1. The van der Waals surface area contributed by atoms with Gasteiger partial charge in [0.05, 0.1) is 6.61 Å². The first-order chi connectivity index (χ1) is 8.22. The molecule has 1 heterocycles. The molecule has 1 rings (SSSR count). The van der Waals surface area contributed by atoms with Crippen molar-refractivity contribution < 1.29 is 14.1 Å². The number of esters is 1. The van der Waals surface area contributed by atoms with Gasteiger partial charge in [0, 0.05) is 6.42 Å². The smallest absolute Gasteiger partial charge is 0.318 e. The van der Waals surface area contributed by atoms with E-state index in [2.05, 4.69) is 17.1 Å². The summed E-state index contributed by atoms with van der Waals surface area (Å²) in [5.74, 6) is 0.320. The van der Waals surface area contributed by atoms with Crippen molar-refractivity contribution in [1.82, 2.24) is 10.1 Å². The Kier molecular flexibility index (Phi) is 5.66. The summed E-state index contributed by atoms with van der Waals surface area (Å²) in [5.41, 5.74) is 0. The topological polar surface area (TPSA) is 65.2 Å². The van der Waals surface area contributed by atoms with Crippen LogP contribution in [0, 0.1) is 0 Å². The van der Waals surface area contributed by atoms with Crippen LogP contribution in [0.5, 0.6) is 0 Å². The minimum absolute atomic E-state index is 0.291. The van der Waals surface area contributed by atoms with Gasteiger partial charge >= 0.3 is 5.97 Å². The second-order valence-corrected chi connectivity index (χ2v) is 3.87. The fraction of sp³-hybridized carbons (Fsp3) is 0.750. The van der Waals surface area contributed by atoms with Gasteiger partial charge in [0.2, 0.25) is 5.89 Å². The predicted octanol–water partition coefficient (Wildman–Crippen LogP) is 2.47. The average Bonchev–Trinajstić information content (AvgIpc) is 2.76. The molecule has 0 aliphatic heterocycles. The zero-order valence-electron chi connectivity index (χ0n) is 10.7. The van der Waals surface area contributed by atoms with Crippen molar-refractivity contribution in [3.63, 3.8) is 0 Å². The van der Waals surface area contributed by atoms with Gasteiger partial charge in [0.25, 0.3) is 0 Å². The van der Waals surface area contributed by atoms with Crippen molar-refractivity contribution in [2.45, 2.75) is 52.4 Å². The number of ether oxygens (including phenoxy) is 1. The normalized spacial score (nSPS) is 12.4. The molecule has 1 aromatic heterocycles. The molecule has 5 heteroatoms. The summed E-state index contributed by atoms with van der Waals surface area (Å²) >= 11 is 0. The first-order valence-electron chi connectivity index (χ1n) is 6.21. The van der Waals surface area contributed by atoms with Crippen molar-refractivity contribution >= 4 is 5.97 Å². The minimum atomic E-state index is -0.433. The molecule has 0 aliphatic rings. The molecule has 0 fully saturated rings. The van der Waals surface area contributed by atoms with Crippen molar-refractivity contribution in [3.8, 4) is 0 Å². The third-order valence-corrected chi connectivity index (χ3v) is 2.52. The van der Waals surface area contributed by atoms with Crippen LogP contribution in [0.3, 0.4) is 0 Å². The molecule has 0 aromatic carbocycles. The number of hydrogen-bond acceptors (Lipinski definition) is 5. The van der Waals surface area contributed by atoms with Gasteiger partial charge in [-0.05, 0) is 19.8 Å². The Balaban J connectivity index is 2.68. The van der Waals surface area contributed by atoms with Crippen LogP contribution in [0.4, 0.5) is 0 Å². The van der Waals surface area contributed by atoms with Gasteiger partial charge in [-0.15, -0.1) is 0 Å². The van der Waals surface area contributed by atoms with Gasteiger partial charge in [0.1, 0.15) is 5.92 Å². The zero-order valence-corrected chi connectivity index (χ0v) is 10.7. The van der Waals surface area contributed by atoms with Crippen LogP contribution in [0.25, 0.3) is 0 Å². The molecule has 0 amide bonds. The van der Waals surface area contributed by atoms with E-state index < -0.39 is 5.92 Å². The highest BCUT2D eigenvalue weighted by molar-refractivity contribution is 5.76. The van der Waals surface area contributed by atoms with E-state index in [1.165, 1.54) is 0 Å². The van der Waals surface area contributed by atoms with E-state index in [1.807, 2.05) is 6.92 Å². The first kappa shape index (κ1) is 13.7. The molecule has 0 saturated carbocycles. The maximum absolute atomic E-state index is 11.6. The van der Waals surface area contributed by atoms with E-state index in [4.69, 9.17) is 9.26 Å². The summed E-state index contributed by atoms with van der Waals surface area (Å²) in [6.07, 6.45) is 3.50. The Morgan fingerprint density at radius 3 is 2.76 bits per heavy atom. The number of carbonyl (C=O) groups is 1. The van der Waals surface area contributed by atoms with Gasteiger partial charge in [0.15, 0.2) is 5.82 Å². The lowest BCUT2D eigenvalue weighted by molar-refractivity contribution is -0.145. The molecule has 17 heavy (non-hydrogen) atoms. The van der Waals surface area contributed by atoms with Crippen molar-refractivity contribution in [3.05, 3.63) is 11.7 Å². The van der Waals surface area contributed by atoms with Crippen molar-refractivity contribution in [1.29, 1.82) is 0 Å². The number of nitrogens with zero attached hydrogens (tertiary/aromatic N) is 2. The van der Waals surface area contributed by atoms with Gasteiger partial charge in [-0.3, -0.25) is 4.79 Å². The van der Waals surface area contributed by atoms with E-state index in [1.54, 1.807) is 6.92 Å². The van der Waals surface area contributed by atoms with Crippen molar-refractivity contribution in [2.24, 2.45) is 0 Å². The fourth-order valence-corrected chi connectivity index (χ4v) is 1.53. The Morgan fingerprint density at radius 1 is 1.41 bits per heavy atom. The van der Waals surface area contributed by atoms with E-state index in [0.717, 1.165) is 19.3 Å². The van der Waals surface area contributed by atoms with E-state index in [9.17, 15) is 4.79 Å². The maximum atomic E-state index is 11.6. The Hall–Kier alpha value is -1.39. The fourth-order valence-electron chi connectivity index (χ4n) is 1.53. The van der Waals surface area contributed by atoms with Gasteiger partial charge in [-0.25, -0.2) is 0 Å². The van der Waals surface area contributed by atoms with Crippen LogP contribution >= 0.6 is 0 Å². The summed E-state index contributed by atoms with van der Waals surface area (Å²) < 4.78 is 10.1. The summed E-state index contributed by atoms with van der Waals surface area (Å²) in [6, 6.07) is 0. The maximum Gasteiger partial charge on any atom is 0.318 e. The molecule has 0 aliphatic carbocycles. The summed E-state index contributed by atoms with van der Waals surface area (Å²) in [7, 11) is 0. The molecule has 0 bridgehead atoms. The lowest BCUT2D eigenvalue weighted by Gasteiger charge is -2.08. The van der Waals surface area contributed by atoms with Gasteiger partial charge < -0.3 is 9.26 Å². The monoisotopic (exact) mass is 240 g/mol. The summed E-state index contributed by atoms with van der Waals surface area (Å²) in [5, 5.41) is 3.87. The third kappa shape index (κ3) is 3.84. The molecule has 5 nitrogen and oxygen atoms in total. The second kappa shape index (κ2) is 7.04. The zero-order chi connectivity index (χ0) is 12.7. The number of aromatic nitrogens is 2. The van der Waals surface area contributed by atoms with E-state index >= 15 is 0 Å². The molecule has 96 valence electrons. The highest BCUT2D eigenvalue weighted by atomic mass is 16.5. The van der Waals surface area contributed by atoms with Crippen LogP contribution in [0.2, 0.25) is 0 Å². The molecule has 0 spiro atoms. The molecule has 0 N–H and O–H groups in total. The van der Waals surface area contributed by atoms with E-state index in [-0.39, 0.29) is 5.97 Å². The summed E-state index contributed by atoms with van der Waals surface area (Å²) in [6.45, 7) is 6.16. The summed E-state index contributed by atoms with van der Waals surface area (Å²) in [4.78, 5) is 15.9. The van der Waals surface area contributed by atoms with Crippen LogP contribution in [-0.2, 0) is 16.0 Å². The molecular formula is C12H20N2O3. The standard InChI is InChI=1S/C12H20N2O3/c1-4-7-8-10-13-11(17-14-10)9(5-2)12(15)16-6-3/h9H,4-8H2,1-3H3. The SMILES string of the molecule is CCCCc1noc(C(CC)C(=O)OCC)n1.